The normalized spacial score (nSPS) is 13.1. The van der Waals surface area contributed by atoms with Crippen molar-refractivity contribution >= 4 is 45.0 Å². The van der Waals surface area contributed by atoms with E-state index in [4.69, 9.17) is 5.10 Å². The van der Waals surface area contributed by atoms with Crippen molar-refractivity contribution in [3.63, 3.8) is 0 Å². The van der Waals surface area contributed by atoms with E-state index in [2.05, 4.69) is 31.4 Å². The van der Waals surface area contributed by atoms with Crippen LogP contribution in [-0.2, 0) is 4.79 Å². The Morgan fingerprint density at radius 1 is 1.15 bits per heavy atom. The number of hydrogen-bond acceptors (Lipinski definition) is 5. The van der Waals surface area contributed by atoms with Crippen LogP contribution in [0, 0.1) is 0 Å². The van der Waals surface area contributed by atoms with E-state index >= 15 is 0 Å². The lowest BCUT2D eigenvalue weighted by atomic mass is 10.1. The van der Waals surface area contributed by atoms with Crippen LogP contribution in [0.25, 0.3) is 11.4 Å². The molecule has 1 aliphatic rings. The molecule has 0 radical (unpaired) electrons. The van der Waals surface area contributed by atoms with E-state index in [-0.39, 0.29) is 5.91 Å². The molecule has 26 heavy (non-hydrogen) atoms. The maximum Gasteiger partial charge on any atom is 0.221 e. The number of anilines is 1. The zero-order valence-corrected chi connectivity index (χ0v) is 16.2. The number of thioether (sulfide) groups is 1. The van der Waals surface area contributed by atoms with Gasteiger partial charge in [0.15, 0.2) is 5.82 Å². The molecule has 0 bridgehead atoms. The number of rotatable bonds is 3. The van der Waals surface area contributed by atoms with Gasteiger partial charge in [0.25, 0.3) is 0 Å². The zero-order valence-electron chi connectivity index (χ0n) is 13.8. The molecular formula is C18H14BrN5OS. The van der Waals surface area contributed by atoms with Gasteiger partial charge < -0.3 is 5.32 Å². The third-order valence-electron chi connectivity index (χ3n) is 3.79. The van der Waals surface area contributed by atoms with Crippen LogP contribution in [0.4, 0.5) is 5.69 Å². The summed E-state index contributed by atoms with van der Waals surface area (Å²) < 4.78 is 2.76. The topological polar surface area (TPSA) is 72.2 Å². The lowest BCUT2D eigenvalue weighted by molar-refractivity contribution is -0.114. The van der Waals surface area contributed by atoms with Crippen molar-refractivity contribution in [2.45, 2.75) is 12.1 Å². The maximum atomic E-state index is 11.1. The van der Waals surface area contributed by atoms with Gasteiger partial charge in [0.2, 0.25) is 11.1 Å². The molecule has 6 nitrogen and oxygen atoms in total. The molecule has 0 atom stereocenters. The lowest BCUT2D eigenvalue weighted by Crippen LogP contribution is -2.14. The van der Waals surface area contributed by atoms with Crippen molar-refractivity contribution in [3.05, 3.63) is 58.6 Å². The van der Waals surface area contributed by atoms with Crippen molar-refractivity contribution in [2.75, 3.05) is 11.1 Å². The Kier molecular flexibility index (Phi) is 4.60. The van der Waals surface area contributed by atoms with Gasteiger partial charge in [0.05, 0.1) is 5.71 Å². The van der Waals surface area contributed by atoms with Crippen LogP contribution in [0.1, 0.15) is 12.5 Å². The van der Waals surface area contributed by atoms with Crippen molar-refractivity contribution in [3.8, 4) is 11.4 Å². The van der Waals surface area contributed by atoms with Crippen molar-refractivity contribution < 1.29 is 4.79 Å². The largest absolute Gasteiger partial charge is 0.326 e. The molecule has 1 aliphatic heterocycles. The Morgan fingerprint density at radius 2 is 1.96 bits per heavy atom. The molecule has 130 valence electrons. The standard InChI is InChI=1S/C18H14BrN5OS/c1-11(25)20-15-7-5-12(6-8-15)16-10-26-18-22-21-17(24(18)23-16)13-3-2-4-14(19)9-13/h2-9H,10H2,1H3,(H,20,25). The van der Waals surface area contributed by atoms with E-state index < -0.39 is 0 Å². The Labute approximate surface area is 162 Å². The highest BCUT2D eigenvalue weighted by atomic mass is 79.9. The van der Waals surface area contributed by atoms with Crippen LogP contribution >= 0.6 is 27.7 Å². The summed E-state index contributed by atoms with van der Waals surface area (Å²) in [6.45, 7) is 1.49. The second-order valence-electron chi connectivity index (χ2n) is 5.72. The lowest BCUT2D eigenvalue weighted by Gasteiger charge is -2.14. The fraction of sp³-hybridized carbons (Fsp3) is 0.111. The van der Waals surface area contributed by atoms with Gasteiger partial charge >= 0.3 is 0 Å². The highest BCUT2D eigenvalue weighted by Crippen LogP contribution is 2.29. The molecule has 0 unspecified atom stereocenters. The number of halogens is 1. The number of nitrogens with zero attached hydrogens (tertiary/aromatic N) is 4. The second-order valence-corrected chi connectivity index (χ2v) is 7.58. The quantitative estimate of drug-likeness (QED) is 0.684. The number of amides is 1. The molecule has 4 rings (SSSR count). The summed E-state index contributed by atoms with van der Waals surface area (Å²) >= 11 is 5.09. The fourth-order valence-corrected chi connectivity index (χ4v) is 3.86. The molecule has 1 amide bonds. The number of benzene rings is 2. The van der Waals surface area contributed by atoms with Crippen LogP contribution < -0.4 is 5.32 Å². The molecule has 1 N–H and O–H groups in total. The van der Waals surface area contributed by atoms with Gasteiger partial charge in [-0.3, -0.25) is 4.79 Å². The van der Waals surface area contributed by atoms with E-state index in [1.807, 2.05) is 48.5 Å². The van der Waals surface area contributed by atoms with Crippen LogP contribution in [0.5, 0.6) is 0 Å². The predicted molar refractivity (Wildman–Crippen MR) is 107 cm³/mol. The van der Waals surface area contributed by atoms with Gasteiger partial charge in [-0.05, 0) is 29.8 Å². The Balaban J connectivity index is 1.69. The number of carbonyl (C=O) groups excluding carboxylic acids is 1. The number of nitrogens with one attached hydrogen (secondary N) is 1. The highest BCUT2D eigenvalue weighted by molar-refractivity contribution is 9.10. The molecule has 0 fully saturated rings. The van der Waals surface area contributed by atoms with Crippen LogP contribution in [0.15, 0.2) is 63.3 Å². The van der Waals surface area contributed by atoms with Crippen molar-refractivity contribution in [1.29, 1.82) is 0 Å². The molecule has 2 heterocycles. The van der Waals surface area contributed by atoms with Crippen LogP contribution in [0.2, 0.25) is 0 Å². The van der Waals surface area contributed by atoms with E-state index in [9.17, 15) is 4.79 Å². The van der Waals surface area contributed by atoms with Crippen LogP contribution in [-0.4, -0.2) is 32.2 Å². The summed E-state index contributed by atoms with van der Waals surface area (Å²) in [7, 11) is 0. The molecule has 8 heteroatoms. The summed E-state index contributed by atoms with van der Waals surface area (Å²) in [6.07, 6.45) is 0. The first kappa shape index (κ1) is 17.0. The fourth-order valence-electron chi connectivity index (χ4n) is 2.63. The maximum absolute atomic E-state index is 11.1. The van der Waals surface area contributed by atoms with Gasteiger partial charge in [0.1, 0.15) is 0 Å². The molecule has 0 aliphatic carbocycles. The molecule has 1 aromatic heterocycles. The minimum atomic E-state index is -0.0869. The Hall–Kier alpha value is -2.45. The van der Waals surface area contributed by atoms with E-state index in [1.165, 1.54) is 6.92 Å². The van der Waals surface area contributed by atoms with Gasteiger partial charge in [-0.15, -0.1) is 10.2 Å². The average molecular weight is 428 g/mol. The Bertz CT molecular complexity index is 1010. The van der Waals surface area contributed by atoms with Gasteiger partial charge in [-0.25, -0.2) is 0 Å². The predicted octanol–water partition coefficient (Wildman–Crippen LogP) is 4.02. The third kappa shape index (κ3) is 3.42. The molecule has 0 saturated heterocycles. The van der Waals surface area contributed by atoms with Crippen LogP contribution in [0.3, 0.4) is 0 Å². The number of fused-ring (bicyclic) bond motifs is 1. The third-order valence-corrected chi connectivity index (χ3v) is 5.22. The first-order chi connectivity index (χ1) is 12.6. The molecule has 0 saturated carbocycles. The minimum absolute atomic E-state index is 0.0869. The zero-order chi connectivity index (χ0) is 18.1. The monoisotopic (exact) mass is 427 g/mol. The summed E-state index contributed by atoms with van der Waals surface area (Å²) in [5.74, 6) is 1.34. The minimum Gasteiger partial charge on any atom is -0.326 e. The Morgan fingerprint density at radius 3 is 2.69 bits per heavy atom. The smallest absolute Gasteiger partial charge is 0.221 e. The number of carbonyl (C=O) groups is 1. The first-order valence-electron chi connectivity index (χ1n) is 7.90. The van der Waals surface area contributed by atoms with Gasteiger partial charge in [0, 0.05) is 28.4 Å². The summed E-state index contributed by atoms with van der Waals surface area (Å²) in [4.78, 5) is 11.1. The highest BCUT2D eigenvalue weighted by Gasteiger charge is 2.20. The van der Waals surface area contributed by atoms with Gasteiger partial charge in [-0.2, -0.15) is 9.78 Å². The van der Waals surface area contributed by atoms with E-state index in [0.717, 1.165) is 37.9 Å². The van der Waals surface area contributed by atoms with Crippen molar-refractivity contribution in [2.24, 2.45) is 5.10 Å². The van der Waals surface area contributed by atoms with E-state index in [0.29, 0.717) is 5.82 Å². The summed E-state index contributed by atoms with van der Waals surface area (Å²) in [5.41, 5.74) is 3.66. The second kappa shape index (κ2) is 7.05. The molecule has 3 aromatic rings. The average Bonchev–Trinajstić information content (AvgIpc) is 3.05. The molecule has 2 aromatic carbocycles. The number of hydrogen-bond donors (Lipinski definition) is 1. The summed E-state index contributed by atoms with van der Waals surface area (Å²) in [6, 6.07) is 15.6. The van der Waals surface area contributed by atoms with E-state index in [1.54, 1.807) is 16.4 Å². The van der Waals surface area contributed by atoms with Gasteiger partial charge in [-0.1, -0.05) is 52.0 Å². The summed E-state index contributed by atoms with van der Waals surface area (Å²) in [5, 5.41) is 16.8. The first-order valence-corrected chi connectivity index (χ1v) is 9.68. The SMILES string of the molecule is CC(=O)Nc1ccc(C2=Nn3c(nnc3-c3cccc(Br)c3)SC2)cc1. The molecular weight excluding hydrogens is 414 g/mol. The molecule has 0 spiro atoms. The van der Waals surface area contributed by atoms with Crippen molar-refractivity contribution in [1.82, 2.24) is 14.9 Å². The number of aromatic nitrogens is 3.